The number of aryl methyl sites for hydroxylation is 1. The van der Waals surface area contributed by atoms with E-state index in [0.717, 1.165) is 23.8 Å². The molecule has 0 bridgehead atoms. The number of hydrogen-bond donors (Lipinski definition) is 0. The highest BCUT2D eigenvalue weighted by Crippen LogP contribution is 2.67. The summed E-state index contributed by atoms with van der Waals surface area (Å²) in [5.41, 5.74) is 3.29. The normalized spacial score (nSPS) is 36.7. The van der Waals surface area contributed by atoms with E-state index >= 15 is 0 Å². The van der Waals surface area contributed by atoms with Crippen molar-refractivity contribution in [1.29, 1.82) is 0 Å². The Labute approximate surface area is 237 Å². The molecule has 0 heterocycles. The van der Waals surface area contributed by atoms with Crippen LogP contribution in [0.15, 0.2) is 40.8 Å². The molecule has 0 aromatic heterocycles. The minimum Gasteiger partial charge on any atom is -0.353 e. The lowest BCUT2D eigenvalue weighted by Gasteiger charge is -2.58. The van der Waals surface area contributed by atoms with Gasteiger partial charge < -0.3 is 9.47 Å². The average Bonchev–Trinajstić information content (AvgIpc) is 3.25. The molecule has 3 saturated carbocycles. The van der Waals surface area contributed by atoms with Crippen molar-refractivity contribution in [2.75, 3.05) is 6.61 Å². The maximum Gasteiger partial charge on any atom is 0.299 e. The van der Waals surface area contributed by atoms with Gasteiger partial charge in [-0.3, -0.25) is 0 Å². The van der Waals surface area contributed by atoms with Gasteiger partial charge in [-0.25, -0.2) is 4.18 Å². The molecule has 1 aromatic carbocycles. The number of allylic oxidation sites excluding steroid dienone is 2. The summed E-state index contributed by atoms with van der Waals surface area (Å²) in [7, 11) is -3.99. The van der Waals surface area contributed by atoms with Gasteiger partial charge in [0.25, 0.3) is 10.1 Å². The third-order valence-electron chi connectivity index (χ3n) is 11.4. The number of rotatable bonds is 9. The van der Waals surface area contributed by atoms with Crippen LogP contribution in [0.3, 0.4) is 0 Å². The maximum atomic E-state index is 13.4. The minimum atomic E-state index is -3.99. The SMILES string of the molecule is CCOC(C)OC(OS(=O)(=O)c1ccc(C)cc1)C(C)[C@H]1CC[C@H]2[C@@H]3CC=C4CCCC[C@]4(C)[C@H]3CC[C@]12C. The van der Waals surface area contributed by atoms with Crippen LogP contribution in [0.1, 0.15) is 98.0 Å². The van der Waals surface area contributed by atoms with Gasteiger partial charge >= 0.3 is 0 Å². The summed E-state index contributed by atoms with van der Waals surface area (Å²) in [5, 5.41) is 0. The van der Waals surface area contributed by atoms with Gasteiger partial charge in [-0.1, -0.05) is 56.5 Å². The smallest absolute Gasteiger partial charge is 0.299 e. The Morgan fingerprint density at radius 1 is 1.00 bits per heavy atom. The van der Waals surface area contributed by atoms with Gasteiger partial charge in [0.15, 0.2) is 12.6 Å². The zero-order valence-electron chi connectivity index (χ0n) is 24.9. The highest BCUT2D eigenvalue weighted by molar-refractivity contribution is 7.86. The van der Waals surface area contributed by atoms with Crippen molar-refractivity contribution < 1.29 is 22.1 Å². The molecule has 0 amide bonds. The molecule has 0 radical (unpaired) electrons. The third kappa shape index (κ3) is 5.40. The fourth-order valence-electron chi connectivity index (χ4n) is 9.37. The first-order valence-corrected chi connectivity index (χ1v) is 16.9. The Morgan fingerprint density at radius 2 is 1.74 bits per heavy atom. The van der Waals surface area contributed by atoms with Crippen LogP contribution in [0.2, 0.25) is 0 Å². The first-order valence-electron chi connectivity index (χ1n) is 15.5. The van der Waals surface area contributed by atoms with Gasteiger partial charge in [0.05, 0.1) is 4.90 Å². The molecule has 0 spiro atoms. The monoisotopic (exact) mass is 558 g/mol. The van der Waals surface area contributed by atoms with Crippen molar-refractivity contribution in [2.24, 2.45) is 40.4 Å². The topological polar surface area (TPSA) is 61.8 Å². The third-order valence-corrected chi connectivity index (χ3v) is 12.7. The van der Waals surface area contributed by atoms with Crippen molar-refractivity contribution in [3.63, 3.8) is 0 Å². The van der Waals surface area contributed by atoms with Gasteiger partial charge in [-0.2, -0.15) is 8.42 Å². The summed E-state index contributed by atoms with van der Waals surface area (Å²) < 4.78 is 44.6. The van der Waals surface area contributed by atoms with Gasteiger partial charge in [0.1, 0.15) is 0 Å². The summed E-state index contributed by atoms with van der Waals surface area (Å²) in [5.74, 6) is 2.43. The molecule has 6 heteroatoms. The molecule has 4 aliphatic carbocycles. The Hall–Kier alpha value is -1.21. The Bertz CT molecular complexity index is 1140. The molecule has 1 aromatic rings. The summed E-state index contributed by atoms with van der Waals surface area (Å²) in [4.78, 5) is 0.166. The van der Waals surface area contributed by atoms with Crippen molar-refractivity contribution in [3.05, 3.63) is 41.5 Å². The molecule has 0 N–H and O–H groups in total. The van der Waals surface area contributed by atoms with Crippen LogP contribution in [0.4, 0.5) is 0 Å². The van der Waals surface area contributed by atoms with Gasteiger partial charge in [0.2, 0.25) is 0 Å². The molecule has 0 saturated heterocycles. The van der Waals surface area contributed by atoms with Crippen LogP contribution in [-0.4, -0.2) is 27.6 Å². The molecule has 3 fully saturated rings. The van der Waals surface area contributed by atoms with E-state index in [4.69, 9.17) is 13.7 Å². The largest absolute Gasteiger partial charge is 0.353 e. The Balaban J connectivity index is 1.39. The molecule has 9 atom stereocenters. The van der Waals surface area contributed by atoms with Crippen LogP contribution in [-0.2, 0) is 23.8 Å². The molecule has 5 rings (SSSR count). The van der Waals surface area contributed by atoms with E-state index in [2.05, 4.69) is 26.8 Å². The lowest BCUT2D eigenvalue weighted by molar-refractivity contribution is -0.233. The second kappa shape index (κ2) is 11.2. The average molecular weight is 559 g/mol. The molecule has 5 nitrogen and oxygen atoms in total. The fourth-order valence-corrected chi connectivity index (χ4v) is 10.4. The Morgan fingerprint density at radius 3 is 2.46 bits per heavy atom. The molecule has 3 unspecified atom stereocenters. The van der Waals surface area contributed by atoms with Crippen LogP contribution in [0, 0.1) is 47.3 Å². The standard InChI is InChI=1S/C33H50O5S/c1-7-36-24(4)37-31(38-39(34,35)26-14-11-22(2)12-15-26)23(3)28-17-18-29-27-16-13-25-10-8-9-20-32(25,5)30(27)19-21-33(28,29)6/h11-15,23-24,27-31H,7-10,16-21H2,1-6H3/t23?,24?,27-,28+,29-,30-,31?,32-,33+/m0/s1. The van der Waals surface area contributed by atoms with Crippen LogP contribution >= 0.6 is 0 Å². The van der Waals surface area contributed by atoms with E-state index < -0.39 is 22.7 Å². The van der Waals surface area contributed by atoms with Gasteiger partial charge in [0, 0.05) is 12.5 Å². The van der Waals surface area contributed by atoms with E-state index in [0.29, 0.717) is 23.9 Å². The first-order chi connectivity index (χ1) is 18.5. The summed E-state index contributed by atoms with van der Waals surface area (Å²) >= 11 is 0. The van der Waals surface area contributed by atoms with Crippen molar-refractivity contribution in [1.82, 2.24) is 0 Å². The fraction of sp³-hybridized carbons (Fsp3) is 0.758. The summed E-state index contributed by atoms with van der Waals surface area (Å²) in [6.07, 6.45) is 12.5. The molecular formula is C33H50O5S. The lowest BCUT2D eigenvalue weighted by Crippen LogP contribution is -2.51. The van der Waals surface area contributed by atoms with E-state index in [-0.39, 0.29) is 16.2 Å². The summed E-state index contributed by atoms with van der Waals surface area (Å²) in [6.45, 7) is 13.4. The first kappa shape index (κ1) is 29.3. The quantitative estimate of drug-likeness (QED) is 0.174. The number of ether oxygens (including phenoxy) is 2. The van der Waals surface area contributed by atoms with E-state index in [9.17, 15) is 8.42 Å². The van der Waals surface area contributed by atoms with E-state index in [1.54, 1.807) is 29.8 Å². The second-order valence-electron chi connectivity index (χ2n) is 13.4. The lowest BCUT2D eigenvalue weighted by atomic mass is 9.47. The van der Waals surface area contributed by atoms with Gasteiger partial charge in [-0.05, 0) is 119 Å². The molecular weight excluding hydrogens is 508 g/mol. The van der Waals surface area contributed by atoms with E-state index in [1.807, 2.05) is 20.8 Å². The predicted molar refractivity (Wildman–Crippen MR) is 154 cm³/mol. The van der Waals surface area contributed by atoms with Crippen LogP contribution < -0.4 is 0 Å². The summed E-state index contributed by atoms with van der Waals surface area (Å²) in [6, 6.07) is 6.83. The Kier molecular flexibility index (Phi) is 8.43. The molecule has 0 aliphatic heterocycles. The number of benzene rings is 1. The minimum absolute atomic E-state index is 0.0837. The molecule has 218 valence electrons. The molecule has 39 heavy (non-hydrogen) atoms. The van der Waals surface area contributed by atoms with Crippen LogP contribution in [0.5, 0.6) is 0 Å². The number of fused-ring (bicyclic) bond motifs is 5. The van der Waals surface area contributed by atoms with Gasteiger partial charge in [-0.15, -0.1) is 0 Å². The maximum absolute atomic E-state index is 13.4. The second-order valence-corrected chi connectivity index (χ2v) is 15.0. The van der Waals surface area contributed by atoms with Crippen LogP contribution in [0.25, 0.3) is 0 Å². The highest BCUT2D eigenvalue weighted by atomic mass is 32.2. The van der Waals surface area contributed by atoms with Crippen molar-refractivity contribution in [3.8, 4) is 0 Å². The zero-order chi connectivity index (χ0) is 28.0. The number of hydrogen-bond acceptors (Lipinski definition) is 5. The predicted octanol–water partition coefficient (Wildman–Crippen LogP) is 8.03. The van der Waals surface area contributed by atoms with Crippen molar-refractivity contribution in [2.45, 2.75) is 117 Å². The highest BCUT2D eigenvalue weighted by Gasteiger charge is 2.59. The van der Waals surface area contributed by atoms with E-state index in [1.165, 1.54) is 51.4 Å². The van der Waals surface area contributed by atoms with Crippen molar-refractivity contribution >= 4 is 10.1 Å². The zero-order valence-corrected chi connectivity index (χ0v) is 25.8. The molecule has 4 aliphatic rings.